The quantitative estimate of drug-likeness (QED) is 0.252. The molecule has 2 aromatic rings. The van der Waals surface area contributed by atoms with Crippen LogP contribution >= 0.6 is 31.9 Å². The van der Waals surface area contributed by atoms with Gasteiger partial charge >= 0.3 is 0 Å². The lowest BCUT2D eigenvalue weighted by atomic mass is 10.3. The van der Waals surface area contributed by atoms with Crippen molar-refractivity contribution in [2.24, 2.45) is 0 Å². The second-order valence-electron chi connectivity index (χ2n) is 6.43. The Balaban J connectivity index is 0.000000330. The zero-order chi connectivity index (χ0) is 21.4. The Morgan fingerprint density at radius 1 is 1.18 bits per heavy atom. The maximum absolute atomic E-state index is 10.4. The molecule has 7 nitrogen and oxygen atoms in total. The summed E-state index contributed by atoms with van der Waals surface area (Å²) in [6.07, 6.45) is 0. The Kier molecular flexibility index (Phi) is 9.39. The first kappa shape index (κ1) is 24.4. The second kappa shape index (κ2) is 10.8. The average molecular weight is 536 g/mol. The number of nitrogens with two attached hydrogens (primary N) is 1. The fourth-order valence-electron chi connectivity index (χ4n) is 1.98. The number of hydrogen-bond donors (Lipinski definition) is 2. The van der Waals surface area contributed by atoms with Crippen LogP contribution in [0.4, 0.5) is 5.69 Å². The molecule has 0 spiro atoms. The smallest absolute Gasteiger partial charge is 0.294 e. The lowest BCUT2D eigenvalue weighted by Crippen LogP contribution is -2.43. The number of halogens is 2. The van der Waals surface area contributed by atoms with Crippen molar-refractivity contribution in [2.45, 2.75) is 4.90 Å². The van der Waals surface area contributed by atoms with Crippen molar-refractivity contribution < 1.29 is 22.2 Å². The maximum Gasteiger partial charge on any atom is 0.294 e. The minimum absolute atomic E-state index is 0.0741. The molecule has 0 heterocycles. The molecule has 0 unspecified atom stereocenters. The van der Waals surface area contributed by atoms with E-state index in [9.17, 15) is 8.42 Å². The number of quaternary nitrogens is 1. The lowest BCUT2D eigenvalue weighted by Gasteiger charge is -2.26. The first-order valence-corrected chi connectivity index (χ1v) is 11.1. The van der Waals surface area contributed by atoms with Crippen molar-refractivity contribution in [1.82, 2.24) is 0 Å². The molecule has 2 aromatic carbocycles. The van der Waals surface area contributed by atoms with Crippen LogP contribution in [-0.2, 0) is 10.1 Å². The van der Waals surface area contributed by atoms with Gasteiger partial charge in [0.15, 0.2) is 6.54 Å². The van der Waals surface area contributed by atoms with Crippen LogP contribution in [0.5, 0.6) is 5.75 Å². The van der Waals surface area contributed by atoms with Crippen LogP contribution in [0, 0.1) is 11.3 Å². The van der Waals surface area contributed by atoms with E-state index in [0.29, 0.717) is 23.3 Å². The van der Waals surface area contributed by atoms with E-state index in [4.69, 9.17) is 20.3 Å². The molecule has 0 saturated heterocycles. The minimum Gasteiger partial charge on any atom is -0.485 e. The third-order valence-corrected chi connectivity index (χ3v) is 5.55. The Hall–Kier alpha value is -1.64. The normalized spacial score (nSPS) is 11.1. The van der Waals surface area contributed by atoms with E-state index in [0.717, 1.165) is 21.2 Å². The number of ether oxygens (including phenoxy) is 1. The predicted octanol–water partition coefficient (Wildman–Crippen LogP) is 3.71. The van der Waals surface area contributed by atoms with Crippen LogP contribution < -0.4 is 10.5 Å². The van der Waals surface area contributed by atoms with Gasteiger partial charge in [-0.15, -0.1) is 0 Å². The van der Waals surface area contributed by atoms with Crippen molar-refractivity contribution in [1.29, 1.82) is 5.26 Å². The van der Waals surface area contributed by atoms with Crippen molar-refractivity contribution >= 4 is 47.7 Å². The minimum atomic E-state index is -4.00. The van der Waals surface area contributed by atoms with E-state index in [1.807, 2.05) is 14.1 Å². The first-order valence-electron chi connectivity index (χ1n) is 8.05. The number of benzene rings is 2. The molecule has 0 saturated carbocycles. The van der Waals surface area contributed by atoms with Gasteiger partial charge in [0.25, 0.3) is 10.1 Å². The Labute approximate surface area is 182 Å². The molecule has 0 aliphatic heterocycles. The highest BCUT2D eigenvalue weighted by molar-refractivity contribution is 9.11. The van der Waals surface area contributed by atoms with Gasteiger partial charge < -0.3 is 15.0 Å². The summed E-state index contributed by atoms with van der Waals surface area (Å²) >= 11 is 6.83. The molecule has 10 heteroatoms. The van der Waals surface area contributed by atoms with Crippen LogP contribution in [0.2, 0.25) is 0 Å². The second-order valence-corrected chi connectivity index (χ2v) is 9.56. The summed E-state index contributed by atoms with van der Waals surface area (Å²) in [6.45, 7) is 1.76. The highest BCUT2D eigenvalue weighted by Crippen LogP contribution is 2.35. The van der Waals surface area contributed by atoms with Gasteiger partial charge in [-0.1, -0.05) is 18.2 Å². The van der Waals surface area contributed by atoms with Crippen LogP contribution in [0.1, 0.15) is 0 Å². The predicted molar refractivity (Wildman–Crippen MR) is 115 cm³/mol. The highest BCUT2D eigenvalue weighted by atomic mass is 79.9. The molecule has 0 fully saturated rings. The number of likely N-dealkylation sites (N-methyl/N-ethyl adjacent to an activating group) is 1. The summed E-state index contributed by atoms with van der Waals surface area (Å²) in [6, 6.07) is 13.2. The van der Waals surface area contributed by atoms with Crippen molar-refractivity contribution in [3.8, 4) is 11.8 Å². The number of anilines is 1. The van der Waals surface area contributed by atoms with Crippen LogP contribution in [0.15, 0.2) is 56.3 Å². The van der Waals surface area contributed by atoms with Gasteiger partial charge in [-0.05, 0) is 56.1 Å². The number of hydrogen-bond acceptors (Lipinski definition) is 5. The number of nitrogen functional groups attached to an aromatic ring is 1. The highest BCUT2D eigenvalue weighted by Gasteiger charge is 2.15. The van der Waals surface area contributed by atoms with Crippen LogP contribution in [-0.4, -0.2) is 51.2 Å². The molecule has 0 amide bonds. The average Bonchev–Trinajstić information content (AvgIpc) is 2.58. The molecule has 0 radical (unpaired) electrons. The molecular weight excluding hydrogens is 514 g/mol. The molecule has 3 N–H and O–H groups in total. The molecule has 0 aliphatic rings. The fraction of sp³-hybridized carbons (Fsp3) is 0.278. The summed E-state index contributed by atoms with van der Waals surface area (Å²) in [7, 11) is -0.00352. The summed E-state index contributed by atoms with van der Waals surface area (Å²) in [4.78, 5) is -0.0741. The molecule has 0 aliphatic carbocycles. The van der Waals surface area contributed by atoms with Crippen molar-refractivity contribution in [3.63, 3.8) is 0 Å². The molecule has 0 atom stereocenters. The zero-order valence-corrected chi connectivity index (χ0v) is 19.5. The monoisotopic (exact) mass is 534 g/mol. The van der Waals surface area contributed by atoms with Crippen LogP contribution in [0.3, 0.4) is 0 Å². The van der Waals surface area contributed by atoms with E-state index in [2.05, 4.69) is 37.9 Å². The Bertz CT molecular complexity index is 907. The Morgan fingerprint density at radius 3 is 2.14 bits per heavy atom. The van der Waals surface area contributed by atoms with E-state index in [1.165, 1.54) is 12.1 Å². The van der Waals surface area contributed by atoms with Crippen molar-refractivity contribution in [3.05, 3.63) is 51.4 Å². The Morgan fingerprint density at radius 2 is 1.71 bits per heavy atom. The standard InChI is InChI=1S/C12H16Br2N3O.C6H6O3S/c1-17(2,4-3-15)5-6-18-12-10(13)7-9(16)8-11(12)14;7-10(8,9)6-4-2-1-3-5-6/h7-8H,4-6,16H2,1-2H3;1-5H,(H,7,8,9)/q+1;. The van der Waals surface area contributed by atoms with Crippen LogP contribution in [0.25, 0.3) is 0 Å². The third kappa shape index (κ3) is 8.58. The number of nitrogens with zero attached hydrogens (tertiary/aromatic N) is 2. The molecule has 0 aromatic heterocycles. The van der Waals surface area contributed by atoms with E-state index < -0.39 is 10.1 Å². The molecule has 0 bridgehead atoms. The number of rotatable bonds is 6. The summed E-state index contributed by atoms with van der Waals surface area (Å²) < 4.78 is 37.2. The molecule has 28 heavy (non-hydrogen) atoms. The van der Waals surface area contributed by atoms with Gasteiger partial charge in [-0.2, -0.15) is 13.7 Å². The molecule has 152 valence electrons. The topological polar surface area (TPSA) is 113 Å². The molecule has 2 rings (SSSR count). The maximum atomic E-state index is 10.4. The van der Waals surface area contributed by atoms with E-state index in [1.54, 1.807) is 30.3 Å². The first-order chi connectivity index (χ1) is 13.0. The summed E-state index contributed by atoms with van der Waals surface area (Å²) in [5, 5.41) is 8.70. The van der Waals surface area contributed by atoms with Gasteiger partial charge in [0.2, 0.25) is 0 Å². The van der Waals surface area contributed by atoms with E-state index >= 15 is 0 Å². The third-order valence-electron chi connectivity index (χ3n) is 3.50. The van der Waals surface area contributed by atoms with Gasteiger partial charge in [0, 0.05) is 5.69 Å². The van der Waals surface area contributed by atoms with E-state index in [-0.39, 0.29) is 4.90 Å². The van der Waals surface area contributed by atoms with Gasteiger partial charge in [0.05, 0.1) is 27.9 Å². The van der Waals surface area contributed by atoms with Gasteiger partial charge in [-0.25, -0.2) is 0 Å². The lowest BCUT2D eigenvalue weighted by molar-refractivity contribution is -0.883. The number of nitriles is 1. The van der Waals surface area contributed by atoms with Gasteiger partial charge in [0.1, 0.15) is 25.0 Å². The largest absolute Gasteiger partial charge is 0.485 e. The van der Waals surface area contributed by atoms with Gasteiger partial charge in [-0.3, -0.25) is 4.55 Å². The SMILES string of the molecule is C[N+](C)(CC#N)CCOc1c(Br)cc(N)cc1Br.O=S(=O)(O)c1ccccc1. The summed E-state index contributed by atoms with van der Waals surface area (Å²) in [5.41, 5.74) is 6.38. The van der Waals surface area contributed by atoms with Crippen molar-refractivity contribution in [2.75, 3.05) is 39.5 Å². The fourth-order valence-corrected chi connectivity index (χ4v) is 3.93. The summed E-state index contributed by atoms with van der Waals surface area (Å²) in [5.74, 6) is 0.737. The molecular formula is C18H22Br2N3O4S+. The zero-order valence-electron chi connectivity index (χ0n) is 15.5.